The van der Waals surface area contributed by atoms with Gasteiger partial charge in [-0.2, -0.15) is 9.35 Å². The van der Waals surface area contributed by atoms with Gasteiger partial charge in [-0.15, -0.1) is 6.58 Å². The molecule has 0 atom stereocenters. The molecule has 0 aliphatic carbocycles. The summed E-state index contributed by atoms with van der Waals surface area (Å²) in [5, 5.41) is 3.52. The average molecular weight is 522 g/mol. The second-order valence-electron chi connectivity index (χ2n) is 8.70. The van der Waals surface area contributed by atoms with E-state index in [9.17, 15) is 9.00 Å². The number of anilines is 3. The highest BCUT2D eigenvalue weighted by atomic mass is 32.2. The summed E-state index contributed by atoms with van der Waals surface area (Å²) < 4.78 is 24.9. The smallest absolute Gasteiger partial charge is 0.278 e. The lowest BCUT2D eigenvalue weighted by molar-refractivity contribution is 0.122. The Labute approximate surface area is 213 Å². The van der Waals surface area contributed by atoms with E-state index in [1.54, 1.807) is 35.2 Å². The van der Waals surface area contributed by atoms with Gasteiger partial charge in [0.15, 0.2) is 17.3 Å². The molecule has 1 aliphatic rings. The Morgan fingerprint density at radius 2 is 2.00 bits per heavy atom. The van der Waals surface area contributed by atoms with E-state index in [4.69, 9.17) is 4.74 Å². The molecule has 0 saturated carbocycles. The monoisotopic (exact) mass is 521 g/mol. The van der Waals surface area contributed by atoms with Gasteiger partial charge in [0.25, 0.3) is 5.56 Å². The number of hydrogen-bond acceptors (Lipinski definition) is 10. The Hall–Kier alpha value is -4.10. The summed E-state index contributed by atoms with van der Waals surface area (Å²) in [4.78, 5) is 33.3. The number of allylic oxidation sites excluding steroid dienone is 1. The molecule has 1 fully saturated rings. The lowest BCUT2D eigenvalue weighted by Gasteiger charge is -2.28. The van der Waals surface area contributed by atoms with E-state index >= 15 is 0 Å². The van der Waals surface area contributed by atoms with Gasteiger partial charge in [-0.25, -0.2) is 23.5 Å². The van der Waals surface area contributed by atoms with Crippen LogP contribution in [0.15, 0.2) is 64.7 Å². The number of nitrogens with zero attached hydrogens (tertiary/aromatic N) is 8. The van der Waals surface area contributed by atoms with Crippen LogP contribution < -0.4 is 15.8 Å². The topological polar surface area (TPSA) is 132 Å². The van der Waals surface area contributed by atoms with Crippen LogP contribution in [0.2, 0.25) is 0 Å². The molecule has 0 unspecified atom stereocenters. The first-order chi connectivity index (χ1) is 17.8. The zero-order valence-corrected chi connectivity index (χ0v) is 21.4. The predicted octanol–water partition coefficient (Wildman–Crippen LogP) is 2.50. The van der Waals surface area contributed by atoms with Crippen molar-refractivity contribution < 1.29 is 8.95 Å². The summed E-state index contributed by atoms with van der Waals surface area (Å²) in [5.74, 6) is 0.994. The van der Waals surface area contributed by atoms with E-state index in [0.717, 1.165) is 18.8 Å². The van der Waals surface area contributed by atoms with E-state index in [1.165, 1.54) is 23.4 Å². The summed E-state index contributed by atoms with van der Waals surface area (Å²) in [6.07, 6.45) is 9.67. The number of fused-ring (bicyclic) bond motifs is 1. The third-order valence-corrected chi connectivity index (χ3v) is 6.21. The molecule has 4 aromatic rings. The highest BCUT2D eigenvalue weighted by molar-refractivity contribution is 7.92. The number of morpholine rings is 1. The lowest BCUT2D eigenvalue weighted by Crippen LogP contribution is -2.36. The molecule has 192 valence electrons. The summed E-state index contributed by atoms with van der Waals surface area (Å²) in [5.41, 5.74) is 1.76. The summed E-state index contributed by atoms with van der Waals surface area (Å²) in [7, 11) is -2.42. The van der Waals surface area contributed by atoms with E-state index in [0.29, 0.717) is 47.5 Å². The van der Waals surface area contributed by atoms with Crippen molar-refractivity contribution in [2.24, 2.45) is 4.36 Å². The molecular weight excluding hydrogens is 494 g/mol. The molecule has 4 aromatic heterocycles. The molecular formula is C24H27N9O3S. The third-order valence-electron chi connectivity index (χ3n) is 5.58. The van der Waals surface area contributed by atoms with Crippen molar-refractivity contribution in [3.05, 3.63) is 65.9 Å². The molecule has 0 amide bonds. The molecule has 5 heterocycles. The molecule has 37 heavy (non-hydrogen) atoms. The van der Waals surface area contributed by atoms with Gasteiger partial charge in [0.05, 0.1) is 43.5 Å². The molecule has 12 nitrogen and oxygen atoms in total. The second-order valence-corrected chi connectivity index (χ2v) is 11.2. The Morgan fingerprint density at radius 3 is 2.76 bits per heavy atom. The van der Waals surface area contributed by atoms with Crippen molar-refractivity contribution in [3.8, 4) is 5.82 Å². The van der Waals surface area contributed by atoms with Crippen molar-refractivity contribution in [3.63, 3.8) is 0 Å². The first-order valence-electron chi connectivity index (χ1n) is 11.6. The molecule has 0 spiro atoms. The van der Waals surface area contributed by atoms with Crippen LogP contribution in [0.5, 0.6) is 0 Å². The van der Waals surface area contributed by atoms with Crippen molar-refractivity contribution in [1.82, 2.24) is 29.3 Å². The van der Waals surface area contributed by atoms with Gasteiger partial charge in [-0.3, -0.25) is 9.78 Å². The van der Waals surface area contributed by atoms with Gasteiger partial charge in [0.1, 0.15) is 5.39 Å². The first-order valence-corrected chi connectivity index (χ1v) is 13.9. The predicted molar refractivity (Wildman–Crippen MR) is 144 cm³/mol. The quantitative estimate of drug-likeness (QED) is 0.364. The lowest BCUT2D eigenvalue weighted by atomic mass is 10.3. The maximum Gasteiger partial charge on any atom is 0.278 e. The van der Waals surface area contributed by atoms with Crippen molar-refractivity contribution in [1.29, 1.82) is 0 Å². The van der Waals surface area contributed by atoms with Crippen LogP contribution in [0.3, 0.4) is 0 Å². The van der Waals surface area contributed by atoms with Crippen LogP contribution in [0.4, 0.5) is 23.1 Å². The molecule has 1 N–H and O–H groups in total. The highest BCUT2D eigenvalue weighted by Gasteiger charge is 2.18. The number of aromatic nitrogens is 6. The van der Waals surface area contributed by atoms with Crippen LogP contribution in [0.1, 0.15) is 0 Å². The van der Waals surface area contributed by atoms with Gasteiger partial charge in [0.2, 0.25) is 5.95 Å². The van der Waals surface area contributed by atoms with Crippen LogP contribution in [-0.4, -0.2) is 72.3 Å². The molecule has 5 rings (SSSR count). The minimum Gasteiger partial charge on any atom is -0.378 e. The summed E-state index contributed by atoms with van der Waals surface area (Å²) in [6, 6.07) is 7.11. The minimum atomic E-state index is -2.42. The fourth-order valence-electron chi connectivity index (χ4n) is 4.03. The van der Waals surface area contributed by atoms with E-state index in [1.807, 2.05) is 12.3 Å². The Kier molecular flexibility index (Phi) is 6.72. The highest BCUT2D eigenvalue weighted by Crippen LogP contribution is 2.23. The van der Waals surface area contributed by atoms with Crippen molar-refractivity contribution >= 4 is 43.9 Å². The van der Waals surface area contributed by atoms with E-state index in [-0.39, 0.29) is 12.1 Å². The molecule has 0 radical (unpaired) electrons. The number of ether oxygens (including phenoxy) is 1. The maximum absolute atomic E-state index is 13.2. The molecule has 0 bridgehead atoms. The normalized spacial score (nSPS) is 14.1. The fourth-order valence-corrected chi connectivity index (χ4v) is 4.59. The van der Waals surface area contributed by atoms with Crippen molar-refractivity contribution in [2.75, 3.05) is 49.0 Å². The Bertz CT molecular complexity index is 1640. The second kappa shape index (κ2) is 10.1. The maximum atomic E-state index is 13.2. The van der Waals surface area contributed by atoms with Gasteiger partial charge >= 0.3 is 0 Å². The summed E-state index contributed by atoms with van der Waals surface area (Å²) >= 11 is 0. The molecule has 1 aliphatic heterocycles. The average Bonchev–Trinajstić information content (AvgIpc) is 3.15. The third kappa shape index (κ3) is 5.37. The number of rotatable bonds is 7. The van der Waals surface area contributed by atoms with Gasteiger partial charge in [-0.1, -0.05) is 12.1 Å². The zero-order valence-electron chi connectivity index (χ0n) is 20.6. The SMILES string of the molecule is C=CCn1c(=O)c2cnc(Nc3cncc(N4CCOCC4)c3)nc2n1-c1cccc(N=S(C)(C)=O)n1. The number of nitrogens with one attached hydrogen (secondary N) is 1. The Morgan fingerprint density at radius 1 is 1.19 bits per heavy atom. The van der Waals surface area contributed by atoms with Crippen molar-refractivity contribution in [2.45, 2.75) is 6.54 Å². The molecule has 0 aromatic carbocycles. The minimum absolute atomic E-state index is 0.227. The van der Waals surface area contributed by atoms with Gasteiger partial charge in [0, 0.05) is 41.5 Å². The molecule has 13 heteroatoms. The molecule has 1 saturated heterocycles. The number of hydrogen-bond donors (Lipinski definition) is 1. The van der Waals surface area contributed by atoms with Gasteiger partial charge in [-0.05, 0) is 18.2 Å². The van der Waals surface area contributed by atoms with Crippen LogP contribution in [0, 0.1) is 0 Å². The summed E-state index contributed by atoms with van der Waals surface area (Å²) in [6.45, 7) is 6.93. The largest absolute Gasteiger partial charge is 0.378 e. The fraction of sp³-hybridized carbons (Fsp3) is 0.292. The van der Waals surface area contributed by atoms with Crippen LogP contribution in [-0.2, 0) is 21.0 Å². The van der Waals surface area contributed by atoms with E-state index < -0.39 is 9.73 Å². The number of pyridine rings is 2. The zero-order chi connectivity index (χ0) is 26.0. The first kappa shape index (κ1) is 24.6. The van der Waals surface area contributed by atoms with Crippen LogP contribution >= 0.6 is 0 Å². The van der Waals surface area contributed by atoms with Crippen LogP contribution in [0.25, 0.3) is 16.9 Å². The standard InChI is InChI=1S/C24H27N9O3S/c1-4-8-32-23(34)19-16-26-24(27-17-13-18(15-25-14-17)31-9-11-36-12-10-31)29-22(19)33(32)21-7-5-6-20(28-21)30-37(2,3)35/h4-7,13-16H,1,8-12H2,2-3H3,(H,26,27,29). The van der Waals surface area contributed by atoms with E-state index in [2.05, 4.69) is 41.1 Å². The van der Waals surface area contributed by atoms with Gasteiger partial charge < -0.3 is 15.0 Å². The Balaban J connectivity index is 1.57.